The number of rotatable bonds is 3. The zero-order chi connectivity index (χ0) is 15.6. The number of carboxylic acid groups (broad SMARTS) is 1. The molecule has 1 aliphatic heterocycles. The molecule has 0 radical (unpaired) electrons. The Kier molecular flexibility index (Phi) is 4.49. The highest BCUT2D eigenvalue weighted by Crippen LogP contribution is 2.23. The van der Waals surface area contributed by atoms with Crippen molar-refractivity contribution in [3.63, 3.8) is 0 Å². The van der Waals surface area contributed by atoms with Crippen molar-refractivity contribution in [1.29, 1.82) is 0 Å². The maximum absolute atomic E-state index is 12.4. The van der Waals surface area contributed by atoms with Crippen molar-refractivity contribution in [1.82, 2.24) is 9.21 Å². The number of sulfonamides is 1. The van der Waals surface area contributed by atoms with Crippen molar-refractivity contribution in [3.05, 3.63) is 16.3 Å². The van der Waals surface area contributed by atoms with Crippen molar-refractivity contribution in [3.8, 4) is 0 Å². The molecule has 0 unspecified atom stereocenters. The second kappa shape index (κ2) is 6.00. The smallest absolute Gasteiger partial charge is 0.409 e. The first-order valence-electron chi connectivity index (χ1n) is 6.01. The minimum absolute atomic E-state index is 0.0261. The Bertz CT molecular complexity index is 645. The molecule has 0 bridgehead atoms. The first kappa shape index (κ1) is 15.7. The van der Waals surface area contributed by atoms with Gasteiger partial charge in [0.05, 0.1) is 12.0 Å². The number of thiophene rings is 1. The number of methoxy groups -OCH3 is 1. The van der Waals surface area contributed by atoms with E-state index in [0.29, 0.717) is 0 Å². The lowest BCUT2D eigenvalue weighted by atomic mass is 10.4. The van der Waals surface area contributed by atoms with Crippen LogP contribution in [0.15, 0.2) is 16.3 Å². The van der Waals surface area contributed by atoms with Crippen LogP contribution >= 0.6 is 11.3 Å². The van der Waals surface area contributed by atoms with E-state index in [1.165, 1.54) is 21.7 Å². The molecule has 2 heterocycles. The molecule has 1 N–H and O–H groups in total. The Hall–Kier alpha value is -1.65. The van der Waals surface area contributed by atoms with Gasteiger partial charge in [-0.25, -0.2) is 18.0 Å². The first-order valence-corrected chi connectivity index (χ1v) is 8.33. The van der Waals surface area contributed by atoms with Crippen molar-refractivity contribution in [2.45, 2.75) is 4.90 Å². The van der Waals surface area contributed by atoms with Crippen LogP contribution in [0.3, 0.4) is 0 Å². The van der Waals surface area contributed by atoms with Gasteiger partial charge in [0.15, 0.2) is 0 Å². The average molecular weight is 334 g/mol. The molecular formula is C11H14N2O6S2. The number of piperazine rings is 1. The molecule has 0 aliphatic carbocycles. The number of ether oxygens (including phenoxy) is 1. The molecule has 0 atom stereocenters. The minimum atomic E-state index is -3.73. The van der Waals surface area contributed by atoms with E-state index in [0.717, 1.165) is 17.4 Å². The van der Waals surface area contributed by atoms with Gasteiger partial charge in [-0.05, 0) is 6.07 Å². The lowest BCUT2D eigenvalue weighted by Crippen LogP contribution is -2.50. The van der Waals surface area contributed by atoms with Crippen molar-refractivity contribution in [2.75, 3.05) is 33.3 Å². The van der Waals surface area contributed by atoms with Crippen LogP contribution in [0.2, 0.25) is 0 Å². The molecule has 0 spiro atoms. The van der Waals surface area contributed by atoms with Crippen LogP contribution in [0, 0.1) is 0 Å². The van der Waals surface area contributed by atoms with Gasteiger partial charge in [0.25, 0.3) is 0 Å². The Morgan fingerprint density at radius 2 is 1.90 bits per heavy atom. The quantitative estimate of drug-likeness (QED) is 0.864. The molecule has 1 aliphatic rings. The van der Waals surface area contributed by atoms with Crippen LogP contribution in [-0.4, -0.2) is 68.1 Å². The highest BCUT2D eigenvalue weighted by atomic mass is 32.2. The van der Waals surface area contributed by atoms with E-state index in [4.69, 9.17) is 5.11 Å². The molecule has 8 nitrogen and oxygen atoms in total. The maximum Gasteiger partial charge on any atom is 0.409 e. The normalized spacial score (nSPS) is 16.7. The summed E-state index contributed by atoms with van der Waals surface area (Å²) in [4.78, 5) is 23.5. The zero-order valence-electron chi connectivity index (χ0n) is 11.2. The molecule has 1 saturated heterocycles. The van der Waals surface area contributed by atoms with Gasteiger partial charge in [0.2, 0.25) is 10.0 Å². The Morgan fingerprint density at radius 1 is 1.29 bits per heavy atom. The van der Waals surface area contributed by atoms with Gasteiger partial charge in [-0.2, -0.15) is 4.31 Å². The van der Waals surface area contributed by atoms with Gasteiger partial charge in [0, 0.05) is 31.6 Å². The van der Waals surface area contributed by atoms with Crippen LogP contribution in [-0.2, 0) is 14.8 Å². The molecule has 1 fully saturated rings. The third kappa shape index (κ3) is 3.17. The van der Waals surface area contributed by atoms with Crippen molar-refractivity contribution < 1.29 is 27.9 Å². The van der Waals surface area contributed by atoms with E-state index in [-0.39, 0.29) is 36.0 Å². The number of nitrogens with zero attached hydrogens (tertiary/aromatic N) is 2. The summed E-state index contributed by atoms with van der Waals surface area (Å²) in [7, 11) is -2.46. The van der Waals surface area contributed by atoms with Gasteiger partial charge in [-0.1, -0.05) is 0 Å². The summed E-state index contributed by atoms with van der Waals surface area (Å²) in [5.41, 5.74) is 0. The third-order valence-corrected chi connectivity index (χ3v) is 6.04. The fourth-order valence-electron chi connectivity index (χ4n) is 1.96. The average Bonchev–Trinajstić information content (AvgIpc) is 2.97. The largest absolute Gasteiger partial charge is 0.477 e. The van der Waals surface area contributed by atoms with Crippen LogP contribution < -0.4 is 0 Å². The van der Waals surface area contributed by atoms with Crippen LogP contribution in [0.25, 0.3) is 0 Å². The SMILES string of the molecule is COC(=O)N1CCN(S(=O)(=O)c2csc(C(=O)O)c2)CC1. The summed E-state index contributed by atoms with van der Waals surface area (Å²) in [6, 6.07) is 1.15. The molecule has 10 heteroatoms. The van der Waals surface area contributed by atoms with Crippen LogP contribution in [0.1, 0.15) is 9.67 Å². The van der Waals surface area contributed by atoms with E-state index in [9.17, 15) is 18.0 Å². The van der Waals surface area contributed by atoms with E-state index < -0.39 is 22.1 Å². The molecule has 0 aromatic carbocycles. The van der Waals surface area contributed by atoms with Crippen molar-refractivity contribution >= 4 is 33.4 Å². The van der Waals surface area contributed by atoms with E-state index >= 15 is 0 Å². The lowest BCUT2D eigenvalue weighted by Gasteiger charge is -2.32. The Balaban J connectivity index is 2.11. The summed E-state index contributed by atoms with van der Waals surface area (Å²) >= 11 is 0.868. The second-order valence-corrected chi connectivity index (χ2v) is 7.16. The standard InChI is InChI=1S/C11H14N2O6S2/c1-19-11(16)12-2-4-13(5-3-12)21(17,18)8-6-9(10(14)15)20-7-8/h6-7H,2-5H2,1H3,(H,14,15). The molecular weight excluding hydrogens is 320 g/mol. The number of carbonyl (C=O) groups is 2. The fraction of sp³-hybridized carbons (Fsp3) is 0.455. The lowest BCUT2D eigenvalue weighted by molar-refractivity contribution is 0.0702. The van der Waals surface area contributed by atoms with Gasteiger partial charge < -0.3 is 14.7 Å². The van der Waals surface area contributed by atoms with E-state index in [1.54, 1.807) is 0 Å². The fourth-order valence-corrected chi connectivity index (χ4v) is 4.48. The van der Waals surface area contributed by atoms with Crippen LogP contribution in [0.4, 0.5) is 4.79 Å². The first-order chi connectivity index (χ1) is 9.86. The van der Waals surface area contributed by atoms with Gasteiger partial charge >= 0.3 is 12.1 Å². The van der Waals surface area contributed by atoms with Gasteiger partial charge in [0.1, 0.15) is 4.88 Å². The topological polar surface area (TPSA) is 104 Å². The molecule has 1 aromatic heterocycles. The predicted molar refractivity (Wildman–Crippen MR) is 74.0 cm³/mol. The number of hydrogen-bond acceptors (Lipinski definition) is 6. The second-order valence-electron chi connectivity index (χ2n) is 4.31. The van der Waals surface area contributed by atoms with Crippen LogP contribution in [0.5, 0.6) is 0 Å². The summed E-state index contributed by atoms with van der Waals surface area (Å²) in [5, 5.41) is 10.2. The number of carbonyl (C=O) groups excluding carboxylic acids is 1. The minimum Gasteiger partial charge on any atom is -0.477 e. The van der Waals surface area contributed by atoms with E-state index in [2.05, 4.69) is 4.74 Å². The molecule has 2 rings (SSSR count). The summed E-state index contributed by atoms with van der Waals surface area (Å²) < 4.78 is 30.6. The Morgan fingerprint density at radius 3 is 2.38 bits per heavy atom. The number of hydrogen-bond donors (Lipinski definition) is 1. The van der Waals surface area contributed by atoms with Gasteiger partial charge in [-0.15, -0.1) is 11.3 Å². The Labute approximate surface area is 125 Å². The third-order valence-electron chi connectivity index (χ3n) is 3.10. The summed E-state index contributed by atoms with van der Waals surface area (Å²) in [6.07, 6.45) is -0.490. The molecule has 1 aromatic rings. The predicted octanol–water partition coefficient (Wildman–Crippen LogP) is 0.519. The molecule has 116 valence electrons. The monoisotopic (exact) mass is 334 g/mol. The zero-order valence-corrected chi connectivity index (χ0v) is 12.8. The van der Waals surface area contributed by atoms with Gasteiger partial charge in [-0.3, -0.25) is 0 Å². The summed E-state index contributed by atoms with van der Waals surface area (Å²) in [6.45, 7) is 0.773. The molecule has 1 amide bonds. The summed E-state index contributed by atoms with van der Waals surface area (Å²) in [5.74, 6) is -1.16. The van der Waals surface area contributed by atoms with Crippen molar-refractivity contribution in [2.24, 2.45) is 0 Å². The number of amides is 1. The highest BCUT2D eigenvalue weighted by Gasteiger charge is 2.31. The number of carboxylic acids is 1. The molecule has 0 saturated carbocycles. The molecule has 21 heavy (non-hydrogen) atoms. The highest BCUT2D eigenvalue weighted by molar-refractivity contribution is 7.89. The van der Waals surface area contributed by atoms with E-state index in [1.807, 2.05) is 0 Å². The number of aromatic carboxylic acids is 1. The maximum atomic E-state index is 12.4.